The summed E-state index contributed by atoms with van der Waals surface area (Å²) >= 11 is 9.26. The van der Waals surface area contributed by atoms with Gasteiger partial charge >= 0.3 is 0 Å². The number of fused-ring (bicyclic) bond motifs is 1. The van der Waals surface area contributed by atoms with Gasteiger partial charge in [0.25, 0.3) is 0 Å². The van der Waals surface area contributed by atoms with Crippen LogP contribution < -0.4 is 0 Å². The maximum Gasteiger partial charge on any atom is 0.150 e. The van der Waals surface area contributed by atoms with E-state index in [-0.39, 0.29) is 0 Å². The van der Waals surface area contributed by atoms with Crippen molar-refractivity contribution in [3.05, 3.63) is 33.5 Å². The van der Waals surface area contributed by atoms with Crippen LogP contribution in [0.4, 0.5) is 0 Å². The number of hydrogen-bond acceptors (Lipinski definition) is 2. The molecule has 0 aliphatic carbocycles. The maximum absolute atomic E-state index is 5.85. The Morgan fingerprint density at radius 2 is 2.08 bits per heavy atom. The molecule has 0 aliphatic rings. The molecule has 2 aromatic rings. The van der Waals surface area contributed by atoms with Crippen molar-refractivity contribution in [3.63, 3.8) is 0 Å². The van der Waals surface area contributed by atoms with Gasteiger partial charge in [0, 0.05) is 4.47 Å². The van der Waals surface area contributed by atoms with Gasteiger partial charge in [0.05, 0.1) is 11.2 Å². The molecule has 0 fully saturated rings. The SMILES string of the molecule is Cc1nc2c(Br)cccc2nc1Cl. The number of nitrogens with zero attached hydrogens (tertiary/aromatic N) is 2. The number of rotatable bonds is 0. The van der Waals surface area contributed by atoms with E-state index in [1.54, 1.807) is 0 Å². The number of halogens is 2. The van der Waals surface area contributed by atoms with Gasteiger partial charge in [-0.3, -0.25) is 0 Å². The average Bonchev–Trinajstić information content (AvgIpc) is 2.09. The first-order chi connectivity index (χ1) is 6.18. The highest BCUT2D eigenvalue weighted by molar-refractivity contribution is 9.10. The monoisotopic (exact) mass is 256 g/mol. The van der Waals surface area contributed by atoms with E-state index >= 15 is 0 Å². The van der Waals surface area contributed by atoms with Crippen molar-refractivity contribution in [2.45, 2.75) is 6.92 Å². The van der Waals surface area contributed by atoms with E-state index in [1.165, 1.54) is 0 Å². The third-order valence-electron chi connectivity index (χ3n) is 1.76. The number of aryl methyl sites for hydroxylation is 1. The molecule has 2 rings (SSSR count). The first kappa shape index (κ1) is 8.91. The fourth-order valence-electron chi connectivity index (χ4n) is 1.11. The Morgan fingerprint density at radius 1 is 1.31 bits per heavy atom. The molecule has 1 heterocycles. The summed E-state index contributed by atoms with van der Waals surface area (Å²) in [6.45, 7) is 1.84. The molecule has 0 atom stereocenters. The normalized spacial score (nSPS) is 10.7. The lowest BCUT2D eigenvalue weighted by molar-refractivity contribution is 1.18. The highest BCUT2D eigenvalue weighted by Gasteiger charge is 2.04. The van der Waals surface area contributed by atoms with E-state index in [0.717, 1.165) is 21.2 Å². The van der Waals surface area contributed by atoms with Crippen molar-refractivity contribution in [1.82, 2.24) is 9.97 Å². The highest BCUT2D eigenvalue weighted by Crippen LogP contribution is 2.22. The van der Waals surface area contributed by atoms with Gasteiger partial charge in [0.2, 0.25) is 0 Å². The van der Waals surface area contributed by atoms with Crippen LogP contribution in [0.15, 0.2) is 22.7 Å². The zero-order valence-corrected chi connectivity index (χ0v) is 9.22. The van der Waals surface area contributed by atoms with Crippen molar-refractivity contribution in [2.24, 2.45) is 0 Å². The van der Waals surface area contributed by atoms with Crippen molar-refractivity contribution in [3.8, 4) is 0 Å². The van der Waals surface area contributed by atoms with Gasteiger partial charge in [-0.2, -0.15) is 0 Å². The van der Waals surface area contributed by atoms with Gasteiger partial charge in [-0.15, -0.1) is 0 Å². The second-order valence-corrected chi connectivity index (χ2v) is 3.92. The number of para-hydroxylation sites is 1. The van der Waals surface area contributed by atoms with Crippen molar-refractivity contribution in [2.75, 3.05) is 0 Å². The van der Waals surface area contributed by atoms with Crippen molar-refractivity contribution >= 4 is 38.6 Å². The summed E-state index contributed by atoms with van der Waals surface area (Å²) in [5.41, 5.74) is 2.41. The molecule has 0 spiro atoms. The Hall–Kier alpha value is -0.670. The molecule has 0 amide bonds. The fourth-order valence-corrected chi connectivity index (χ4v) is 1.68. The minimum absolute atomic E-state index is 0.464. The predicted octanol–water partition coefficient (Wildman–Crippen LogP) is 3.35. The van der Waals surface area contributed by atoms with Gasteiger partial charge in [-0.05, 0) is 35.0 Å². The van der Waals surface area contributed by atoms with Gasteiger partial charge < -0.3 is 0 Å². The Morgan fingerprint density at radius 3 is 2.85 bits per heavy atom. The molecular weight excluding hydrogens is 251 g/mol. The fraction of sp³-hybridized carbons (Fsp3) is 0.111. The molecule has 13 heavy (non-hydrogen) atoms. The molecule has 1 aromatic carbocycles. The maximum atomic E-state index is 5.85. The molecule has 0 saturated heterocycles. The molecule has 0 radical (unpaired) electrons. The lowest BCUT2D eigenvalue weighted by Gasteiger charge is -2.01. The van der Waals surface area contributed by atoms with E-state index in [2.05, 4.69) is 25.9 Å². The molecule has 0 aliphatic heterocycles. The number of benzene rings is 1. The molecule has 1 aromatic heterocycles. The summed E-state index contributed by atoms with van der Waals surface area (Å²) in [6, 6.07) is 5.73. The molecule has 0 N–H and O–H groups in total. The second-order valence-electron chi connectivity index (χ2n) is 2.71. The molecule has 0 saturated carbocycles. The molecule has 4 heteroatoms. The van der Waals surface area contributed by atoms with Crippen LogP contribution in [0.5, 0.6) is 0 Å². The lowest BCUT2D eigenvalue weighted by atomic mass is 10.3. The molecule has 0 bridgehead atoms. The topological polar surface area (TPSA) is 25.8 Å². The Kier molecular flexibility index (Phi) is 2.22. The van der Waals surface area contributed by atoms with Crippen LogP contribution in [0.3, 0.4) is 0 Å². The minimum Gasteiger partial charge on any atom is -0.247 e. The van der Waals surface area contributed by atoms with Crippen LogP contribution in [0, 0.1) is 6.92 Å². The summed E-state index contributed by atoms with van der Waals surface area (Å²) in [7, 11) is 0. The Labute approximate surface area is 89.1 Å². The lowest BCUT2D eigenvalue weighted by Crippen LogP contribution is -1.90. The molecule has 2 nitrogen and oxygen atoms in total. The van der Waals surface area contributed by atoms with Gasteiger partial charge in [-0.1, -0.05) is 17.7 Å². The number of aromatic nitrogens is 2. The second kappa shape index (κ2) is 3.24. The third-order valence-corrected chi connectivity index (χ3v) is 2.76. The largest absolute Gasteiger partial charge is 0.247 e. The standard InChI is InChI=1S/C9H6BrClN2/c1-5-9(11)13-7-4-2-3-6(10)8(7)12-5/h2-4H,1H3. The van der Waals surface area contributed by atoms with Crippen LogP contribution in [0.2, 0.25) is 5.15 Å². The Balaban J connectivity index is 2.89. The average molecular weight is 258 g/mol. The van der Waals surface area contributed by atoms with Crippen molar-refractivity contribution in [1.29, 1.82) is 0 Å². The predicted molar refractivity (Wildman–Crippen MR) is 57.0 cm³/mol. The highest BCUT2D eigenvalue weighted by atomic mass is 79.9. The summed E-state index contributed by atoms with van der Waals surface area (Å²) < 4.78 is 0.942. The zero-order valence-electron chi connectivity index (χ0n) is 6.88. The smallest absolute Gasteiger partial charge is 0.150 e. The van der Waals surface area contributed by atoms with E-state index in [0.29, 0.717) is 5.15 Å². The number of hydrogen-bond donors (Lipinski definition) is 0. The van der Waals surface area contributed by atoms with Gasteiger partial charge in [0.1, 0.15) is 5.52 Å². The minimum atomic E-state index is 0.464. The van der Waals surface area contributed by atoms with Crippen LogP contribution in [-0.2, 0) is 0 Å². The van der Waals surface area contributed by atoms with Crippen LogP contribution in [0.1, 0.15) is 5.69 Å². The summed E-state index contributed by atoms with van der Waals surface area (Å²) in [4.78, 5) is 8.54. The van der Waals surface area contributed by atoms with Gasteiger partial charge in [-0.25, -0.2) is 9.97 Å². The Bertz CT molecular complexity index is 470. The molecule has 0 unspecified atom stereocenters. The third kappa shape index (κ3) is 1.54. The zero-order chi connectivity index (χ0) is 9.42. The van der Waals surface area contributed by atoms with Crippen LogP contribution >= 0.6 is 27.5 Å². The van der Waals surface area contributed by atoms with Crippen LogP contribution in [0.25, 0.3) is 11.0 Å². The summed E-state index contributed by atoms with van der Waals surface area (Å²) in [5.74, 6) is 0. The van der Waals surface area contributed by atoms with Crippen molar-refractivity contribution < 1.29 is 0 Å². The van der Waals surface area contributed by atoms with E-state index in [1.807, 2.05) is 25.1 Å². The van der Waals surface area contributed by atoms with E-state index in [9.17, 15) is 0 Å². The van der Waals surface area contributed by atoms with E-state index in [4.69, 9.17) is 11.6 Å². The molecule has 66 valence electrons. The van der Waals surface area contributed by atoms with Crippen LogP contribution in [-0.4, -0.2) is 9.97 Å². The van der Waals surface area contributed by atoms with Gasteiger partial charge in [0.15, 0.2) is 5.15 Å². The van der Waals surface area contributed by atoms with E-state index < -0.39 is 0 Å². The summed E-state index contributed by atoms with van der Waals surface area (Å²) in [6.07, 6.45) is 0. The first-order valence-electron chi connectivity index (χ1n) is 3.77. The molecular formula is C9H6BrClN2. The first-order valence-corrected chi connectivity index (χ1v) is 4.94. The summed E-state index contributed by atoms with van der Waals surface area (Å²) in [5, 5.41) is 0.464. The quantitative estimate of drug-likeness (QED) is 0.723.